The molecule has 15 heavy (non-hydrogen) atoms. The number of hydrogen-bond acceptors (Lipinski definition) is 2. The molecule has 74 valence electrons. The van der Waals surface area contributed by atoms with E-state index in [4.69, 9.17) is 5.26 Å². The Morgan fingerprint density at radius 1 is 1.33 bits per heavy atom. The normalized spacial score (nSPS) is 9.87. The number of aryl methyl sites for hydroxylation is 1. The van der Waals surface area contributed by atoms with Gasteiger partial charge in [-0.15, -0.1) is 0 Å². The maximum absolute atomic E-state index is 8.62. The van der Waals surface area contributed by atoms with E-state index in [0.717, 1.165) is 16.9 Å². The van der Waals surface area contributed by atoms with Crippen molar-refractivity contribution in [1.29, 1.82) is 5.26 Å². The standard InChI is InChI=1S/C12H11N3/c1-10-9-15(14-12(10)7-8-13)11-5-3-2-4-6-11/h2-6,9H,7H2,1H3. The molecule has 0 fully saturated rings. The molecule has 2 rings (SSSR count). The summed E-state index contributed by atoms with van der Waals surface area (Å²) in [6.45, 7) is 1.97. The van der Waals surface area contributed by atoms with Gasteiger partial charge in [0.2, 0.25) is 0 Å². The summed E-state index contributed by atoms with van der Waals surface area (Å²) in [5.74, 6) is 0. The van der Waals surface area contributed by atoms with Crippen LogP contribution in [-0.4, -0.2) is 9.78 Å². The molecule has 0 aliphatic rings. The number of nitrogens with zero attached hydrogens (tertiary/aromatic N) is 3. The molecule has 0 atom stereocenters. The summed E-state index contributed by atoms with van der Waals surface area (Å²) in [6.07, 6.45) is 2.31. The smallest absolute Gasteiger partial charge is 0.0798 e. The van der Waals surface area contributed by atoms with Crippen LogP contribution in [-0.2, 0) is 6.42 Å². The lowest BCUT2D eigenvalue weighted by molar-refractivity contribution is 0.853. The van der Waals surface area contributed by atoms with Crippen LogP contribution in [0.5, 0.6) is 0 Å². The van der Waals surface area contributed by atoms with Crippen molar-refractivity contribution >= 4 is 0 Å². The molecule has 0 saturated heterocycles. The van der Waals surface area contributed by atoms with E-state index in [2.05, 4.69) is 11.2 Å². The lowest BCUT2D eigenvalue weighted by Crippen LogP contribution is -1.95. The molecule has 0 radical (unpaired) electrons. The molecule has 0 amide bonds. The fourth-order valence-corrected chi connectivity index (χ4v) is 1.46. The fraction of sp³-hybridized carbons (Fsp3) is 0.167. The van der Waals surface area contributed by atoms with Crippen molar-refractivity contribution in [3.63, 3.8) is 0 Å². The topological polar surface area (TPSA) is 41.6 Å². The number of benzene rings is 1. The van der Waals surface area contributed by atoms with Gasteiger partial charge in [0, 0.05) is 6.20 Å². The monoisotopic (exact) mass is 197 g/mol. The van der Waals surface area contributed by atoms with E-state index in [1.165, 1.54) is 0 Å². The second-order valence-corrected chi connectivity index (χ2v) is 3.37. The van der Waals surface area contributed by atoms with Crippen molar-refractivity contribution in [2.24, 2.45) is 0 Å². The Kier molecular flexibility index (Phi) is 2.51. The lowest BCUT2D eigenvalue weighted by Gasteiger charge is -1.98. The van der Waals surface area contributed by atoms with Gasteiger partial charge in [-0.05, 0) is 24.6 Å². The predicted molar refractivity (Wildman–Crippen MR) is 57.6 cm³/mol. The Morgan fingerprint density at radius 2 is 2.07 bits per heavy atom. The van der Waals surface area contributed by atoms with Crippen LogP contribution in [0.4, 0.5) is 0 Å². The van der Waals surface area contributed by atoms with Gasteiger partial charge in [0.25, 0.3) is 0 Å². The van der Waals surface area contributed by atoms with E-state index in [1.54, 1.807) is 0 Å². The zero-order chi connectivity index (χ0) is 10.7. The molecule has 0 aliphatic carbocycles. The molecule has 2 aromatic rings. The molecule has 0 N–H and O–H groups in total. The summed E-state index contributed by atoms with van der Waals surface area (Å²) in [5.41, 5.74) is 2.92. The third-order valence-electron chi connectivity index (χ3n) is 2.27. The van der Waals surface area contributed by atoms with Gasteiger partial charge in [0.1, 0.15) is 0 Å². The molecule has 0 bridgehead atoms. The summed E-state index contributed by atoms with van der Waals surface area (Å²) >= 11 is 0. The minimum Gasteiger partial charge on any atom is -0.240 e. The maximum Gasteiger partial charge on any atom is 0.0798 e. The van der Waals surface area contributed by atoms with Gasteiger partial charge in [-0.1, -0.05) is 18.2 Å². The number of rotatable bonds is 2. The molecule has 0 aliphatic heterocycles. The van der Waals surface area contributed by atoms with Crippen molar-refractivity contribution in [1.82, 2.24) is 9.78 Å². The summed E-state index contributed by atoms with van der Waals surface area (Å²) < 4.78 is 1.81. The lowest BCUT2D eigenvalue weighted by atomic mass is 10.2. The Morgan fingerprint density at radius 3 is 2.73 bits per heavy atom. The minimum atomic E-state index is 0.367. The molecule has 0 spiro atoms. The maximum atomic E-state index is 8.62. The molecule has 1 heterocycles. The predicted octanol–water partition coefficient (Wildman–Crippen LogP) is 2.25. The van der Waals surface area contributed by atoms with Crippen LogP contribution in [0, 0.1) is 18.3 Å². The molecule has 3 nitrogen and oxygen atoms in total. The van der Waals surface area contributed by atoms with Crippen LogP contribution >= 0.6 is 0 Å². The zero-order valence-corrected chi connectivity index (χ0v) is 8.51. The summed E-state index contributed by atoms with van der Waals surface area (Å²) in [6, 6.07) is 12.0. The second-order valence-electron chi connectivity index (χ2n) is 3.37. The highest BCUT2D eigenvalue weighted by Crippen LogP contribution is 2.11. The van der Waals surface area contributed by atoms with Crippen molar-refractivity contribution in [3.8, 4) is 11.8 Å². The first-order valence-electron chi connectivity index (χ1n) is 4.79. The number of aromatic nitrogens is 2. The molecule has 1 aromatic heterocycles. The number of hydrogen-bond donors (Lipinski definition) is 0. The first-order chi connectivity index (χ1) is 7.31. The van der Waals surface area contributed by atoms with Crippen LogP contribution in [0.2, 0.25) is 0 Å². The highest BCUT2D eigenvalue weighted by molar-refractivity contribution is 5.32. The van der Waals surface area contributed by atoms with Crippen LogP contribution < -0.4 is 0 Å². The van der Waals surface area contributed by atoms with Crippen LogP contribution in [0.3, 0.4) is 0 Å². The van der Waals surface area contributed by atoms with E-state index in [1.807, 2.05) is 48.1 Å². The van der Waals surface area contributed by atoms with Gasteiger partial charge in [-0.3, -0.25) is 0 Å². The van der Waals surface area contributed by atoms with Gasteiger partial charge in [0.15, 0.2) is 0 Å². The third-order valence-corrected chi connectivity index (χ3v) is 2.27. The van der Waals surface area contributed by atoms with Gasteiger partial charge in [-0.25, -0.2) is 4.68 Å². The molecule has 0 unspecified atom stereocenters. The molecule has 3 heteroatoms. The van der Waals surface area contributed by atoms with E-state index in [0.29, 0.717) is 6.42 Å². The zero-order valence-electron chi connectivity index (χ0n) is 8.51. The van der Waals surface area contributed by atoms with E-state index in [9.17, 15) is 0 Å². The van der Waals surface area contributed by atoms with Gasteiger partial charge in [0.05, 0.1) is 23.9 Å². The van der Waals surface area contributed by atoms with Crippen LogP contribution in [0.25, 0.3) is 5.69 Å². The van der Waals surface area contributed by atoms with Gasteiger partial charge >= 0.3 is 0 Å². The summed E-state index contributed by atoms with van der Waals surface area (Å²) in [4.78, 5) is 0. The number of para-hydroxylation sites is 1. The molecule has 1 aromatic carbocycles. The average Bonchev–Trinajstić information content (AvgIpc) is 2.63. The molecular weight excluding hydrogens is 186 g/mol. The first-order valence-corrected chi connectivity index (χ1v) is 4.79. The van der Waals surface area contributed by atoms with Crippen molar-refractivity contribution < 1.29 is 0 Å². The summed E-state index contributed by atoms with van der Waals surface area (Å²) in [5, 5.41) is 13.0. The Labute approximate surface area is 88.6 Å². The van der Waals surface area contributed by atoms with Crippen molar-refractivity contribution in [2.45, 2.75) is 13.3 Å². The quantitative estimate of drug-likeness (QED) is 0.740. The minimum absolute atomic E-state index is 0.367. The largest absolute Gasteiger partial charge is 0.240 e. The third kappa shape index (κ3) is 1.89. The summed E-state index contributed by atoms with van der Waals surface area (Å²) in [7, 11) is 0. The molecule has 0 saturated carbocycles. The average molecular weight is 197 g/mol. The highest BCUT2D eigenvalue weighted by Gasteiger charge is 2.04. The number of nitriles is 1. The van der Waals surface area contributed by atoms with Crippen LogP contribution in [0.15, 0.2) is 36.5 Å². The van der Waals surface area contributed by atoms with Gasteiger partial charge < -0.3 is 0 Å². The fourth-order valence-electron chi connectivity index (χ4n) is 1.46. The highest BCUT2D eigenvalue weighted by atomic mass is 15.3. The molecular formula is C12H11N3. The Balaban J connectivity index is 2.40. The first kappa shape index (κ1) is 9.47. The van der Waals surface area contributed by atoms with E-state index < -0.39 is 0 Å². The van der Waals surface area contributed by atoms with E-state index in [-0.39, 0.29) is 0 Å². The van der Waals surface area contributed by atoms with Gasteiger partial charge in [-0.2, -0.15) is 10.4 Å². The second kappa shape index (κ2) is 3.97. The van der Waals surface area contributed by atoms with Crippen LogP contribution in [0.1, 0.15) is 11.3 Å². The van der Waals surface area contributed by atoms with Crippen molar-refractivity contribution in [2.75, 3.05) is 0 Å². The van der Waals surface area contributed by atoms with Crippen molar-refractivity contribution in [3.05, 3.63) is 47.8 Å². The van der Waals surface area contributed by atoms with E-state index >= 15 is 0 Å². The Bertz CT molecular complexity index is 491. The SMILES string of the molecule is Cc1cn(-c2ccccc2)nc1CC#N. The Hall–Kier alpha value is -2.08.